The van der Waals surface area contributed by atoms with E-state index in [4.69, 9.17) is 5.73 Å². The lowest BCUT2D eigenvalue weighted by Gasteiger charge is -2.01. The third kappa shape index (κ3) is 2.36. The molecule has 0 spiro atoms. The summed E-state index contributed by atoms with van der Waals surface area (Å²) < 4.78 is 13.2. The number of H-pyrrole nitrogens is 1. The first-order chi connectivity index (χ1) is 8.11. The van der Waals surface area contributed by atoms with Crippen molar-refractivity contribution in [3.63, 3.8) is 0 Å². The molecule has 0 radical (unpaired) electrons. The Hall–Kier alpha value is -1.68. The summed E-state index contributed by atoms with van der Waals surface area (Å²) in [6.45, 7) is 4.28. The van der Waals surface area contributed by atoms with Gasteiger partial charge in [-0.05, 0) is 44.2 Å². The zero-order valence-electron chi connectivity index (χ0n) is 10.0. The number of benzene rings is 1. The molecule has 0 unspecified atom stereocenters. The van der Waals surface area contributed by atoms with Crippen molar-refractivity contribution in [1.29, 1.82) is 0 Å². The minimum atomic E-state index is -0.191. The highest BCUT2D eigenvalue weighted by atomic mass is 19.1. The van der Waals surface area contributed by atoms with Gasteiger partial charge in [-0.1, -0.05) is 0 Å². The number of aromatic amines is 1. The van der Waals surface area contributed by atoms with Crippen molar-refractivity contribution in [2.24, 2.45) is 5.73 Å². The molecule has 4 heteroatoms. The van der Waals surface area contributed by atoms with Gasteiger partial charge in [0.25, 0.3) is 0 Å². The Kier molecular flexibility index (Phi) is 3.24. The number of imidazole rings is 1. The fourth-order valence-electron chi connectivity index (χ4n) is 1.85. The third-order valence-corrected chi connectivity index (χ3v) is 2.75. The average molecular weight is 233 g/mol. The lowest BCUT2D eigenvalue weighted by atomic mass is 10.1. The van der Waals surface area contributed by atoms with Gasteiger partial charge in [-0.25, -0.2) is 9.37 Å². The smallest absolute Gasteiger partial charge is 0.126 e. The average Bonchev–Trinajstić information content (AvgIpc) is 2.64. The highest BCUT2D eigenvalue weighted by Crippen LogP contribution is 2.23. The van der Waals surface area contributed by atoms with Gasteiger partial charge in [0.15, 0.2) is 0 Å². The van der Waals surface area contributed by atoms with Crippen molar-refractivity contribution in [3.8, 4) is 11.3 Å². The third-order valence-electron chi connectivity index (χ3n) is 2.75. The van der Waals surface area contributed by atoms with Crippen LogP contribution in [0.2, 0.25) is 0 Å². The van der Waals surface area contributed by atoms with Gasteiger partial charge in [-0.3, -0.25) is 0 Å². The summed E-state index contributed by atoms with van der Waals surface area (Å²) in [5.74, 6) is 0.686. The van der Waals surface area contributed by atoms with E-state index in [0.29, 0.717) is 12.1 Å². The Morgan fingerprint density at radius 1 is 1.35 bits per heavy atom. The van der Waals surface area contributed by atoms with Crippen LogP contribution in [0.25, 0.3) is 11.3 Å². The van der Waals surface area contributed by atoms with Crippen LogP contribution in [0.3, 0.4) is 0 Å². The molecule has 90 valence electrons. The molecule has 0 aliphatic rings. The van der Waals surface area contributed by atoms with Crippen molar-refractivity contribution in [2.45, 2.75) is 20.3 Å². The highest BCUT2D eigenvalue weighted by Gasteiger charge is 2.09. The number of nitrogens with two attached hydrogens (primary N) is 1. The number of hydrogen-bond acceptors (Lipinski definition) is 2. The van der Waals surface area contributed by atoms with E-state index in [-0.39, 0.29) is 5.82 Å². The van der Waals surface area contributed by atoms with Crippen LogP contribution in [0.5, 0.6) is 0 Å². The van der Waals surface area contributed by atoms with Gasteiger partial charge < -0.3 is 10.7 Å². The summed E-state index contributed by atoms with van der Waals surface area (Å²) in [6, 6.07) is 5.03. The maximum absolute atomic E-state index is 13.2. The molecule has 1 heterocycles. The molecular weight excluding hydrogens is 217 g/mol. The Morgan fingerprint density at radius 3 is 2.76 bits per heavy atom. The summed E-state index contributed by atoms with van der Waals surface area (Å²) >= 11 is 0. The maximum atomic E-state index is 13.2. The van der Waals surface area contributed by atoms with Crippen LogP contribution >= 0.6 is 0 Å². The van der Waals surface area contributed by atoms with E-state index >= 15 is 0 Å². The molecule has 17 heavy (non-hydrogen) atoms. The van der Waals surface area contributed by atoms with E-state index in [1.807, 2.05) is 13.0 Å². The Bertz CT molecular complexity index is 531. The van der Waals surface area contributed by atoms with Gasteiger partial charge in [-0.2, -0.15) is 0 Å². The number of hydrogen-bond donors (Lipinski definition) is 2. The number of aryl methyl sites for hydroxylation is 2. The minimum Gasteiger partial charge on any atom is -0.346 e. The summed E-state index contributed by atoms with van der Waals surface area (Å²) in [6.07, 6.45) is 0.723. The second-order valence-corrected chi connectivity index (χ2v) is 4.16. The number of halogens is 1. The molecule has 0 amide bonds. The molecule has 0 saturated heterocycles. The molecule has 2 aromatic rings. The van der Waals surface area contributed by atoms with E-state index in [0.717, 1.165) is 29.2 Å². The van der Waals surface area contributed by atoms with Crippen LogP contribution in [0.4, 0.5) is 4.39 Å². The van der Waals surface area contributed by atoms with Gasteiger partial charge in [-0.15, -0.1) is 0 Å². The van der Waals surface area contributed by atoms with Crippen LogP contribution < -0.4 is 5.73 Å². The molecule has 2 rings (SSSR count). The fraction of sp³-hybridized carbons (Fsp3) is 0.308. The van der Waals surface area contributed by atoms with Crippen molar-refractivity contribution in [1.82, 2.24) is 9.97 Å². The SMILES string of the molecule is Cc1cc(-c2nc(CCN)[nH]c2C)ccc1F. The first-order valence-corrected chi connectivity index (χ1v) is 5.64. The van der Waals surface area contributed by atoms with Gasteiger partial charge in [0.05, 0.1) is 5.69 Å². The van der Waals surface area contributed by atoms with Crippen LogP contribution in [0.15, 0.2) is 18.2 Å². The monoisotopic (exact) mass is 233 g/mol. The summed E-state index contributed by atoms with van der Waals surface area (Å²) in [7, 11) is 0. The van der Waals surface area contributed by atoms with E-state index in [9.17, 15) is 4.39 Å². The zero-order chi connectivity index (χ0) is 12.4. The number of nitrogens with zero attached hydrogens (tertiary/aromatic N) is 1. The van der Waals surface area contributed by atoms with E-state index < -0.39 is 0 Å². The van der Waals surface area contributed by atoms with Gasteiger partial charge in [0.1, 0.15) is 11.6 Å². The number of nitrogens with one attached hydrogen (secondary N) is 1. The molecule has 3 N–H and O–H groups in total. The zero-order valence-corrected chi connectivity index (χ0v) is 10.0. The van der Waals surface area contributed by atoms with Crippen molar-refractivity contribution in [3.05, 3.63) is 41.1 Å². The largest absolute Gasteiger partial charge is 0.346 e. The molecule has 3 nitrogen and oxygen atoms in total. The molecular formula is C13H16FN3. The summed E-state index contributed by atoms with van der Waals surface area (Å²) in [4.78, 5) is 7.68. The maximum Gasteiger partial charge on any atom is 0.126 e. The molecule has 1 aromatic heterocycles. The standard InChI is InChI=1S/C13H16FN3/c1-8-7-10(3-4-11(8)14)13-9(2)16-12(17-13)5-6-15/h3-4,7H,5-6,15H2,1-2H3,(H,16,17). The predicted octanol–water partition coefficient (Wildman–Crippen LogP) is 2.33. The number of aromatic nitrogens is 2. The fourth-order valence-corrected chi connectivity index (χ4v) is 1.85. The van der Waals surface area contributed by atoms with Crippen LogP contribution in [-0.2, 0) is 6.42 Å². The van der Waals surface area contributed by atoms with Gasteiger partial charge in [0, 0.05) is 17.7 Å². The summed E-state index contributed by atoms with van der Waals surface area (Å²) in [5.41, 5.74) is 8.91. The molecule has 0 bridgehead atoms. The van der Waals surface area contributed by atoms with Crippen LogP contribution in [0.1, 0.15) is 17.1 Å². The molecule has 1 aromatic carbocycles. The highest BCUT2D eigenvalue weighted by molar-refractivity contribution is 5.62. The normalized spacial score (nSPS) is 10.8. The summed E-state index contributed by atoms with van der Waals surface area (Å²) in [5, 5.41) is 0. The molecule has 0 aliphatic carbocycles. The molecule has 0 fully saturated rings. The second kappa shape index (κ2) is 4.67. The van der Waals surface area contributed by atoms with E-state index in [1.54, 1.807) is 13.0 Å². The Labute approximate surface area is 99.9 Å². The van der Waals surface area contributed by atoms with Crippen molar-refractivity contribution < 1.29 is 4.39 Å². The van der Waals surface area contributed by atoms with Crippen LogP contribution in [-0.4, -0.2) is 16.5 Å². The molecule has 0 aliphatic heterocycles. The van der Waals surface area contributed by atoms with E-state index in [2.05, 4.69) is 9.97 Å². The Morgan fingerprint density at radius 2 is 2.12 bits per heavy atom. The lowest BCUT2D eigenvalue weighted by molar-refractivity contribution is 0.619. The van der Waals surface area contributed by atoms with Crippen molar-refractivity contribution in [2.75, 3.05) is 6.54 Å². The topological polar surface area (TPSA) is 54.7 Å². The van der Waals surface area contributed by atoms with Crippen LogP contribution in [0, 0.1) is 19.7 Å². The van der Waals surface area contributed by atoms with E-state index in [1.165, 1.54) is 6.07 Å². The lowest BCUT2D eigenvalue weighted by Crippen LogP contribution is -2.03. The molecule has 0 saturated carbocycles. The second-order valence-electron chi connectivity index (χ2n) is 4.16. The minimum absolute atomic E-state index is 0.191. The predicted molar refractivity (Wildman–Crippen MR) is 66.2 cm³/mol. The van der Waals surface area contributed by atoms with Crippen molar-refractivity contribution >= 4 is 0 Å². The first-order valence-electron chi connectivity index (χ1n) is 5.64. The van der Waals surface area contributed by atoms with Gasteiger partial charge in [0.2, 0.25) is 0 Å². The number of rotatable bonds is 3. The Balaban J connectivity index is 2.41. The quantitative estimate of drug-likeness (QED) is 0.854. The first kappa shape index (κ1) is 11.8. The molecule has 0 atom stereocenters. The van der Waals surface area contributed by atoms with Gasteiger partial charge >= 0.3 is 0 Å².